The molecule has 4 aromatic carbocycles. The minimum atomic E-state index is 0. The Balaban J connectivity index is -0.000000241. The number of hydrogen-bond acceptors (Lipinski definition) is 0. The summed E-state index contributed by atoms with van der Waals surface area (Å²) in [4.78, 5) is 6.24. The van der Waals surface area contributed by atoms with Gasteiger partial charge in [0.15, 0.2) is 0 Å². The molecule has 0 saturated heterocycles. The average molecular weight is 646 g/mol. The second kappa shape index (κ2) is 30.5. The van der Waals surface area contributed by atoms with Crippen LogP contribution in [0, 0.1) is 0 Å². The van der Waals surface area contributed by atoms with E-state index in [4.69, 9.17) is 0 Å². The summed E-state index contributed by atoms with van der Waals surface area (Å²) in [6, 6.07) is 38.6. The number of quaternary nitrogens is 4. The van der Waals surface area contributed by atoms with E-state index in [9.17, 15) is 0 Å². The van der Waals surface area contributed by atoms with Gasteiger partial charge in [0.2, 0.25) is 0 Å². The van der Waals surface area contributed by atoms with Crippen LogP contribution in [-0.2, 0) is 34.1 Å². The van der Waals surface area contributed by atoms with Gasteiger partial charge in [-0.25, -0.2) is 36.4 Å². The predicted octanol–water partition coefficient (Wildman–Crippen LogP) is -4.93. The second-order valence-electron chi connectivity index (χ2n) is 10.9. The van der Waals surface area contributed by atoms with Crippen LogP contribution in [0.25, 0.3) is 0 Å². The number of nitrogens with one attached hydrogen (secondary N) is 4. The fourth-order valence-electron chi connectivity index (χ4n) is 3.89. The van der Waals surface area contributed by atoms with E-state index in [-0.39, 0.29) is 71.9 Å². The summed E-state index contributed by atoms with van der Waals surface area (Å²) in [7, 11) is 13.4. The first-order chi connectivity index (χ1) is 18.2. The van der Waals surface area contributed by atoms with Crippen LogP contribution in [0.2, 0.25) is 0 Å². The zero-order valence-corrected chi connectivity index (χ0v) is 30.3. The standard InChI is InChI=1S/2C12H21N2.2C5H5.2Fe.2Li/c2*1-11(12-7-5-6-8-12)14(4)10-9-13(2)3;2*1-2-4-5-3-1;;;;/h2*5-8,11H,9-10H2,1-4H3;2*1-5H;;;;/q-5;3*-1;;;2*+1/p+4. The Kier molecular flexibility index (Phi) is 35.1. The molecule has 0 radical (unpaired) electrons. The van der Waals surface area contributed by atoms with E-state index >= 15 is 0 Å². The smallest absolute Gasteiger partial charge is 0.747 e. The van der Waals surface area contributed by atoms with Crippen molar-refractivity contribution >= 4 is 0 Å². The molecule has 0 heterocycles. The first-order valence-corrected chi connectivity index (χ1v) is 14.2. The monoisotopic (exact) mass is 646 g/mol. The van der Waals surface area contributed by atoms with Crippen molar-refractivity contribution in [2.75, 3.05) is 68.5 Å². The average Bonchev–Trinajstić information content (AvgIpc) is 3.74. The SMILES string of the molecule is CC([c-]1[cH-][cH-][cH-][cH-]1)[NH+](C)CC[NH+](C)C.CC(c1ccc[cH-]1)[NH+](C)CC[NH+](C)C.[Fe].[Fe].[Li+].[Li+].c1cc[cH-]c1.c1cc[cH-]c1. The molecule has 4 nitrogen and oxygen atoms in total. The van der Waals surface area contributed by atoms with E-state index in [0.29, 0.717) is 12.1 Å². The molecule has 4 N–H and O–H groups in total. The molecule has 0 spiro atoms. The first kappa shape index (κ1) is 48.4. The molecule has 0 saturated carbocycles. The van der Waals surface area contributed by atoms with Gasteiger partial charge < -0.3 is 49.4 Å². The van der Waals surface area contributed by atoms with Crippen molar-refractivity contribution in [3.63, 3.8) is 0 Å². The maximum atomic E-state index is 2.30. The van der Waals surface area contributed by atoms with Crippen molar-refractivity contribution in [3.8, 4) is 0 Å². The zero-order valence-electron chi connectivity index (χ0n) is 28.1. The van der Waals surface area contributed by atoms with Crippen LogP contribution in [0.4, 0.5) is 0 Å². The van der Waals surface area contributed by atoms with Gasteiger partial charge in [0.25, 0.3) is 0 Å². The quantitative estimate of drug-likeness (QED) is 0.0980. The van der Waals surface area contributed by atoms with Gasteiger partial charge >= 0.3 is 37.7 Å². The van der Waals surface area contributed by atoms with Gasteiger partial charge in [-0.05, 0) is 13.8 Å². The second-order valence-corrected chi connectivity index (χ2v) is 10.9. The molecule has 4 unspecified atom stereocenters. The molecule has 0 bridgehead atoms. The largest absolute Gasteiger partial charge is 1.00 e. The van der Waals surface area contributed by atoms with Gasteiger partial charge in [0.05, 0.1) is 48.3 Å². The summed E-state index contributed by atoms with van der Waals surface area (Å²) in [5.74, 6) is 0. The molecule has 42 heavy (non-hydrogen) atoms. The molecule has 0 fully saturated rings. The summed E-state index contributed by atoms with van der Waals surface area (Å²) in [6.45, 7) is 9.53. The fraction of sp³-hybridized carbons (Fsp3) is 0.412. The number of rotatable bonds is 10. The maximum Gasteiger partial charge on any atom is 1.00 e. The van der Waals surface area contributed by atoms with Crippen LogP contribution >= 0.6 is 0 Å². The van der Waals surface area contributed by atoms with Gasteiger partial charge in [0.1, 0.15) is 26.2 Å². The molecule has 0 aromatic heterocycles. The minimum absolute atomic E-state index is 0. The van der Waals surface area contributed by atoms with E-state index in [1.54, 1.807) is 9.80 Å². The van der Waals surface area contributed by atoms with Gasteiger partial charge in [0, 0.05) is 34.1 Å². The molecule has 0 amide bonds. The fourth-order valence-corrected chi connectivity index (χ4v) is 3.89. The van der Waals surface area contributed by atoms with Gasteiger partial charge in [-0.15, -0.1) is 5.56 Å². The normalized spacial score (nSPS) is 12.4. The van der Waals surface area contributed by atoms with Gasteiger partial charge in [-0.1, -0.05) is 6.04 Å². The first-order valence-electron chi connectivity index (χ1n) is 14.2. The van der Waals surface area contributed by atoms with E-state index in [0.717, 1.165) is 0 Å². The third kappa shape index (κ3) is 23.9. The minimum Gasteiger partial charge on any atom is -0.747 e. The molecular formula is C34H56Fe2Li2N4-2. The topological polar surface area (TPSA) is 17.8 Å². The Hall–Kier alpha value is -0.526. The van der Waals surface area contributed by atoms with Crippen molar-refractivity contribution in [1.29, 1.82) is 0 Å². The number of likely N-dealkylation sites (N-methyl/N-ethyl adjacent to an activating group) is 4. The van der Waals surface area contributed by atoms with Crippen molar-refractivity contribution in [3.05, 3.63) is 120 Å². The Morgan fingerprint density at radius 1 is 0.619 bits per heavy atom. The Bertz CT molecular complexity index is 843. The van der Waals surface area contributed by atoms with E-state index in [2.05, 4.69) is 105 Å². The Morgan fingerprint density at radius 2 is 1.05 bits per heavy atom. The molecule has 232 valence electrons. The zero-order chi connectivity index (χ0) is 28.2. The van der Waals surface area contributed by atoms with E-state index < -0.39 is 0 Å². The Morgan fingerprint density at radius 3 is 1.38 bits per heavy atom. The van der Waals surface area contributed by atoms with Crippen LogP contribution in [0.1, 0.15) is 37.1 Å². The van der Waals surface area contributed by atoms with Crippen LogP contribution in [0.15, 0.2) is 109 Å². The van der Waals surface area contributed by atoms with Crippen LogP contribution in [-0.4, -0.2) is 68.5 Å². The van der Waals surface area contributed by atoms with E-state index in [1.807, 2.05) is 60.7 Å². The van der Waals surface area contributed by atoms with Crippen LogP contribution in [0.5, 0.6) is 0 Å². The summed E-state index contributed by atoms with van der Waals surface area (Å²) < 4.78 is 0. The third-order valence-electron chi connectivity index (χ3n) is 7.01. The summed E-state index contributed by atoms with van der Waals surface area (Å²) in [5.41, 5.74) is 2.91. The molecule has 0 aliphatic carbocycles. The molecule has 4 aromatic rings. The molecule has 0 aliphatic rings. The predicted molar refractivity (Wildman–Crippen MR) is 164 cm³/mol. The third-order valence-corrected chi connectivity index (χ3v) is 7.01. The molecule has 8 heteroatoms. The van der Waals surface area contributed by atoms with E-state index in [1.165, 1.54) is 47.1 Å². The van der Waals surface area contributed by atoms with Gasteiger partial charge in [-0.2, -0.15) is 48.5 Å². The van der Waals surface area contributed by atoms with Crippen molar-refractivity contribution in [2.24, 2.45) is 0 Å². The summed E-state index contributed by atoms with van der Waals surface area (Å²) in [6.07, 6.45) is 0. The molecule has 4 rings (SSSR count). The maximum absolute atomic E-state index is 2.30. The van der Waals surface area contributed by atoms with Crippen molar-refractivity contribution in [1.82, 2.24) is 0 Å². The van der Waals surface area contributed by atoms with Crippen LogP contribution in [0.3, 0.4) is 0 Å². The Labute approximate surface area is 304 Å². The molecular weight excluding hydrogens is 590 g/mol. The summed E-state index contributed by atoms with van der Waals surface area (Å²) >= 11 is 0. The number of hydrogen-bond donors (Lipinski definition) is 4. The molecule has 4 atom stereocenters. The van der Waals surface area contributed by atoms with Crippen molar-refractivity contribution in [2.45, 2.75) is 25.9 Å². The summed E-state index contributed by atoms with van der Waals surface area (Å²) in [5, 5.41) is 0. The van der Waals surface area contributed by atoms with Crippen LogP contribution < -0.4 is 57.3 Å². The van der Waals surface area contributed by atoms with Gasteiger partial charge in [-0.3, -0.25) is 0 Å². The molecule has 0 aliphatic heterocycles. The van der Waals surface area contributed by atoms with Crippen molar-refractivity contribution < 1.29 is 91.5 Å².